The summed E-state index contributed by atoms with van der Waals surface area (Å²) in [5, 5.41) is 14.6. The third-order valence-corrected chi connectivity index (χ3v) is 4.79. The van der Waals surface area contributed by atoms with Gasteiger partial charge in [0.1, 0.15) is 17.2 Å². The van der Waals surface area contributed by atoms with Gasteiger partial charge in [0, 0.05) is 11.5 Å². The lowest BCUT2D eigenvalue weighted by atomic mass is 9.92. The zero-order valence-electron chi connectivity index (χ0n) is 14.8. The largest absolute Gasteiger partial charge is 0.507 e. The lowest BCUT2D eigenvalue weighted by Gasteiger charge is -2.14. The number of aromatic hydroxyl groups is 1. The van der Waals surface area contributed by atoms with Crippen molar-refractivity contribution in [2.24, 2.45) is 0 Å². The molecule has 3 heteroatoms. The van der Waals surface area contributed by atoms with Crippen LogP contribution in [0.3, 0.4) is 0 Å². The first-order valence-corrected chi connectivity index (χ1v) is 8.54. The second-order valence-electron chi connectivity index (χ2n) is 6.35. The van der Waals surface area contributed by atoms with E-state index in [1.807, 2.05) is 36.4 Å². The molecule has 0 unspecified atom stereocenters. The van der Waals surface area contributed by atoms with Crippen molar-refractivity contribution in [3.63, 3.8) is 0 Å². The van der Waals surface area contributed by atoms with Crippen molar-refractivity contribution in [1.82, 2.24) is 0 Å². The molecule has 4 rings (SSSR count). The maximum atomic E-state index is 10.3. The minimum absolute atomic E-state index is 0.303. The SMILES string of the molecule is COc1cc(Cc2c3ccccc3cc3c(O)cccc23)cc(OC)c1. The van der Waals surface area contributed by atoms with Gasteiger partial charge in [-0.3, -0.25) is 0 Å². The highest BCUT2D eigenvalue weighted by Crippen LogP contribution is 2.35. The van der Waals surface area contributed by atoms with Crippen LogP contribution in [-0.2, 0) is 6.42 Å². The van der Waals surface area contributed by atoms with E-state index in [-0.39, 0.29) is 0 Å². The molecule has 4 aromatic rings. The molecule has 0 aliphatic carbocycles. The first kappa shape index (κ1) is 16.3. The second kappa shape index (κ2) is 6.60. The van der Waals surface area contributed by atoms with Gasteiger partial charge in [-0.25, -0.2) is 0 Å². The number of ether oxygens (including phenoxy) is 2. The summed E-state index contributed by atoms with van der Waals surface area (Å²) < 4.78 is 10.8. The van der Waals surface area contributed by atoms with Crippen LogP contribution in [0.4, 0.5) is 0 Å². The van der Waals surface area contributed by atoms with Crippen LogP contribution in [0.25, 0.3) is 21.5 Å². The fourth-order valence-corrected chi connectivity index (χ4v) is 3.53. The molecule has 4 aromatic carbocycles. The van der Waals surface area contributed by atoms with E-state index < -0.39 is 0 Å². The predicted octanol–water partition coefficient (Wildman–Crippen LogP) is 5.31. The van der Waals surface area contributed by atoms with E-state index in [1.165, 1.54) is 10.9 Å². The number of phenols is 1. The molecule has 0 aromatic heterocycles. The van der Waals surface area contributed by atoms with E-state index in [0.29, 0.717) is 5.75 Å². The molecule has 0 heterocycles. The van der Waals surface area contributed by atoms with Crippen molar-refractivity contribution >= 4 is 21.5 Å². The first-order chi connectivity index (χ1) is 12.7. The summed E-state index contributed by atoms with van der Waals surface area (Å²) in [6.07, 6.45) is 0.717. The number of fused-ring (bicyclic) bond motifs is 2. The lowest BCUT2D eigenvalue weighted by molar-refractivity contribution is 0.393. The van der Waals surface area contributed by atoms with E-state index in [4.69, 9.17) is 9.47 Å². The Bertz CT molecular complexity index is 1080. The van der Waals surface area contributed by atoms with Gasteiger partial charge in [0.15, 0.2) is 0 Å². The minimum atomic E-state index is 0.303. The Morgan fingerprint density at radius 1 is 0.731 bits per heavy atom. The Morgan fingerprint density at radius 2 is 1.42 bits per heavy atom. The maximum absolute atomic E-state index is 10.3. The van der Waals surface area contributed by atoms with Crippen molar-refractivity contribution in [2.75, 3.05) is 14.2 Å². The molecule has 0 bridgehead atoms. The van der Waals surface area contributed by atoms with E-state index in [1.54, 1.807) is 20.3 Å². The Kier molecular flexibility index (Phi) is 4.13. The van der Waals surface area contributed by atoms with Crippen molar-refractivity contribution in [2.45, 2.75) is 6.42 Å². The van der Waals surface area contributed by atoms with Crippen LogP contribution in [-0.4, -0.2) is 19.3 Å². The minimum Gasteiger partial charge on any atom is -0.507 e. The normalized spacial score (nSPS) is 11.0. The Labute approximate surface area is 152 Å². The van der Waals surface area contributed by atoms with Gasteiger partial charge in [-0.15, -0.1) is 0 Å². The van der Waals surface area contributed by atoms with Crippen molar-refractivity contribution in [3.8, 4) is 17.2 Å². The van der Waals surface area contributed by atoms with E-state index in [2.05, 4.69) is 24.3 Å². The monoisotopic (exact) mass is 344 g/mol. The van der Waals surface area contributed by atoms with Crippen LogP contribution < -0.4 is 9.47 Å². The van der Waals surface area contributed by atoms with Crippen LogP contribution >= 0.6 is 0 Å². The highest BCUT2D eigenvalue weighted by Gasteiger charge is 2.12. The molecule has 0 saturated carbocycles. The highest BCUT2D eigenvalue weighted by molar-refractivity contribution is 6.04. The van der Waals surface area contributed by atoms with Gasteiger partial charge in [0.2, 0.25) is 0 Å². The molecule has 130 valence electrons. The number of rotatable bonds is 4. The molecule has 0 aliphatic heterocycles. The van der Waals surface area contributed by atoms with Gasteiger partial charge in [-0.05, 0) is 58.0 Å². The molecule has 0 amide bonds. The van der Waals surface area contributed by atoms with Gasteiger partial charge in [0.05, 0.1) is 14.2 Å². The topological polar surface area (TPSA) is 38.7 Å². The first-order valence-electron chi connectivity index (χ1n) is 8.54. The summed E-state index contributed by atoms with van der Waals surface area (Å²) in [5.74, 6) is 1.84. The van der Waals surface area contributed by atoms with Crippen molar-refractivity contribution < 1.29 is 14.6 Å². The molecule has 26 heavy (non-hydrogen) atoms. The average molecular weight is 344 g/mol. The average Bonchev–Trinajstić information content (AvgIpc) is 2.68. The molecule has 0 aliphatic rings. The smallest absolute Gasteiger partial charge is 0.123 e. The highest BCUT2D eigenvalue weighted by atomic mass is 16.5. The maximum Gasteiger partial charge on any atom is 0.123 e. The fraction of sp³-hybridized carbons (Fsp3) is 0.130. The zero-order valence-corrected chi connectivity index (χ0v) is 14.8. The van der Waals surface area contributed by atoms with Gasteiger partial charge in [0.25, 0.3) is 0 Å². The Hall–Kier alpha value is -3.20. The van der Waals surface area contributed by atoms with Crippen LogP contribution in [0.2, 0.25) is 0 Å². The van der Waals surface area contributed by atoms with E-state index in [9.17, 15) is 5.11 Å². The van der Waals surface area contributed by atoms with Crippen LogP contribution in [0.15, 0.2) is 66.7 Å². The Balaban J connectivity index is 1.96. The summed E-state index contributed by atoms with van der Waals surface area (Å²) in [7, 11) is 3.31. The van der Waals surface area contributed by atoms with Gasteiger partial charge in [-0.2, -0.15) is 0 Å². The number of benzene rings is 4. The number of hydrogen-bond acceptors (Lipinski definition) is 3. The molecule has 0 saturated heterocycles. The molecular formula is C23H20O3. The Morgan fingerprint density at radius 3 is 2.15 bits per heavy atom. The second-order valence-corrected chi connectivity index (χ2v) is 6.35. The summed E-state index contributed by atoms with van der Waals surface area (Å²) in [5.41, 5.74) is 2.28. The molecule has 0 spiro atoms. The fourth-order valence-electron chi connectivity index (χ4n) is 3.53. The quantitative estimate of drug-likeness (QED) is 0.510. The summed E-state index contributed by atoms with van der Waals surface area (Å²) >= 11 is 0. The van der Waals surface area contributed by atoms with Crippen LogP contribution in [0.5, 0.6) is 17.2 Å². The van der Waals surface area contributed by atoms with E-state index >= 15 is 0 Å². The molecule has 0 atom stereocenters. The van der Waals surface area contributed by atoms with Crippen molar-refractivity contribution in [3.05, 3.63) is 77.9 Å². The number of hydrogen-bond donors (Lipinski definition) is 1. The summed E-state index contributed by atoms with van der Waals surface area (Å²) in [6.45, 7) is 0. The molecule has 3 nitrogen and oxygen atoms in total. The molecular weight excluding hydrogens is 324 g/mol. The zero-order chi connectivity index (χ0) is 18.1. The lowest BCUT2D eigenvalue weighted by Crippen LogP contribution is -1.95. The van der Waals surface area contributed by atoms with Crippen molar-refractivity contribution in [1.29, 1.82) is 0 Å². The standard InChI is InChI=1S/C23H20O3/c1-25-17-10-15(11-18(14-17)26-2)12-21-19-7-4-3-6-16(19)13-22-20(21)8-5-9-23(22)24/h3-11,13-14,24H,12H2,1-2H3. The molecule has 0 fully saturated rings. The number of methoxy groups -OCH3 is 2. The number of phenolic OH excluding ortho intramolecular Hbond substituents is 1. The molecule has 1 N–H and O–H groups in total. The summed E-state index contributed by atoms with van der Waals surface area (Å²) in [4.78, 5) is 0. The van der Waals surface area contributed by atoms with Gasteiger partial charge >= 0.3 is 0 Å². The van der Waals surface area contributed by atoms with E-state index in [0.717, 1.165) is 39.6 Å². The summed E-state index contributed by atoms with van der Waals surface area (Å²) in [6, 6.07) is 21.9. The predicted molar refractivity (Wildman–Crippen MR) is 105 cm³/mol. The van der Waals surface area contributed by atoms with Gasteiger partial charge in [-0.1, -0.05) is 36.4 Å². The third-order valence-electron chi connectivity index (χ3n) is 4.79. The van der Waals surface area contributed by atoms with Crippen LogP contribution in [0, 0.1) is 0 Å². The third kappa shape index (κ3) is 2.82. The van der Waals surface area contributed by atoms with Crippen LogP contribution in [0.1, 0.15) is 11.1 Å². The molecule has 0 radical (unpaired) electrons. The van der Waals surface area contributed by atoms with Gasteiger partial charge < -0.3 is 14.6 Å².